The van der Waals surface area contributed by atoms with Crippen LogP contribution in [0.4, 0.5) is 0 Å². The van der Waals surface area contributed by atoms with Gasteiger partial charge in [-0.05, 0) is 30.6 Å². The number of carbonyl (C=O) groups excluding carboxylic acids is 2. The van der Waals surface area contributed by atoms with Crippen molar-refractivity contribution in [3.8, 4) is 6.07 Å². The molecule has 0 saturated carbocycles. The Hall–Kier alpha value is -2.67. The van der Waals surface area contributed by atoms with E-state index in [2.05, 4.69) is 12.6 Å². The maximum Gasteiger partial charge on any atom is 0.327 e. The summed E-state index contributed by atoms with van der Waals surface area (Å²) >= 11 is 0. The molecule has 0 aliphatic heterocycles. The Bertz CT molecular complexity index is 709. The number of nitrogens with zero attached hydrogens (tertiary/aromatic N) is 1. The predicted molar refractivity (Wildman–Crippen MR) is 86.5 cm³/mol. The standard InChI is InChI=1S/C19H19NO3/c1-4-23-18(22)19(12-20)10-15(11-21)9-14(3)17(19)16-7-5-13(2)6-8-16/h5-9,11,17H,3-4,10H2,1-2H3/t17-,19+/m1/s1. The van der Waals surface area contributed by atoms with Crippen molar-refractivity contribution in [1.82, 2.24) is 0 Å². The summed E-state index contributed by atoms with van der Waals surface area (Å²) in [5, 5.41) is 9.82. The highest BCUT2D eigenvalue weighted by Gasteiger charge is 2.51. The smallest absolute Gasteiger partial charge is 0.327 e. The molecule has 0 aromatic heterocycles. The van der Waals surface area contributed by atoms with Gasteiger partial charge in [0, 0.05) is 12.3 Å². The molecule has 0 N–H and O–H groups in total. The summed E-state index contributed by atoms with van der Waals surface area (Å²) in [7, 11) is 0. The monoisotopic (exact) mass is 309 g/mol. The first-order chi connectivity index (χ1) is 11.0. The Morgan fingerprint density at radius 1 is 1.48 bits per heavy atom. The number of ether oxygens (including phenoxy) is 1. The summed E-state index contributed by atoms with van der Waals surface area (Å²) < 4.78 is 5.15. The summed E-state index contributed by atoms with van der Waals surface area (Å²) in [5.74, 6) is -1.14. The number of nitriles is 1. The second-order valence-corrected chi connectivity index (χ2v) is 5.74. The Kier molecular flexibility index (Phi) is 4.80. The van der Waals surface area contributed by atoms with E-state index in [1.165, 1.54) is 0 Å². The van der Waals surface area contributed by atoms with Crippen LogP contribution in [0, 0.1) is 23.7 Å². The zero-order valence-electron chi connectivity index (χ0n) is 13.3. The quantitative estimate of drug-likeness (QED) is 0.632. The van der Waals surface area contributed by atoms with E-state index in [-0.39, 0.29) is 13.0 Å². The minimum atomic E-state index is -1.46. The second kappa shape index (κ2) is 6.62. The molecule has 0 unspecified atom stereocenters. The van der Waals surface area contributed by atoms with Gasteiger partial charge in [0.25, 0.3) is 0 Å². The van der Waals surface area contributed by atoms with Crippen LogP contribution in [-0.4, -0.2) is 18.9 Å². The van der Waals surface area contributed by atoms with E-state index in [0.29, 0.717) is 17.4 Å². The van der Waals surface area contributed by atoms with Crippen molar-refractivity contribution in [1.29, 1.82) is 5.26 Å². The van der Waals surface area contributed by atoms with Crippen molar-refractivity contribution in [3.63, 3.8) is 0 Å². The van der Waals surface area contributed by atoms with Crippen molar-refractivity contribution in [3.05, 3.63) is 59.2 Å². The number of hydrogen-bond donors (Lipinski definition) is 0. The van der Waals surface area contributed by atoms with Gasteiger partial charge in [0.15, 0.2) is 5.41 Å². The Labute approximate surface area is 136 Å². The van der Waals surface area contributed by atoms with Gasteiger partial charge in [-0.15, -0.1) is 0 Å². The van der Waals surface area contributed by atoms with Crippen molar-refractivity contribution in [2.45, 2.75) is 26.2 Å². The van der Waals surface area contributed by atoms with Crippen molar-refractivity contribution >= 4 is 12.3 Å². The lowest BCUT2D eigenvalue weighted by Crippen LogP contribution is -2.41. The van der Waals surface area contributed by atoms with Gasteiger partial charge in [-0.3, -0.25) is 9.59 Å². The lowest BCUT2D eigenvalue weighted by molar-refractivity contribution is -0.152. The van der Waals surface area contributed by atoms with E-state index < -0.39 is 17.3 Å². The van der Waals surface area contributed by atoms with Crippen molar-refractivity contribution < 1.29 is 14.3 Å². The number of allylic oxidation sites excluding steroid dienone is 3. The third-order valence-corrected chi connectivity index (χ3v) is 4.12. The van der Waals surface area contributed by atoms with Crippen LogP contribution >= 0.6 is 0 Å². The van der Waals surface area contributed by atoms with Crippen LogP contribution in [0.5, 0.6) is 0 Å². The first-order valence-corrected chi connectivity index (χ1v) is 7.48. The first kappa shape index (κ1) is 16.7. The molecule has 0 radical (unpaired) electrons. The number of aldehydes is 1. The molecule has 118 valence electrons. The van der Waals surface area contributed by atoms with E-state index in [1.807, 2.05) is 31.2 Å². The number of aryl methyl sites for hydroxylation is 1. The maximum atomic E-state index is 12.6. The molecule has 1 aromatic rings. The molecule has 4 nitrogen and oxygen atoms in total. The largest absolute Gasteiger partial charge is 0.465 e. The molecule has 2 rings (SSSR count). The van der Waals surface area contributed by atoms with E-state index in [0.717, 1.165) is 11.1 Å². The van der Waals surface area contributed by atoms with Crippen molar-refractivity contribution in [2.75, 3.05) is 6.61 Å². The van der Waals surface area contributed by atoms with Gasteiger partial charge in [-0.1, -0.05) is 42.5 Å². The number of hydrogen-bond acceptors (Lipinski definition) is 4. The molecular weight excluding hydrogens is 290 g/mol. The van der Waals surface area contributed by atoms with E-state index in [9.17, 15) is 14.9 Å². The summed E-state index contributed by atoms with van der Waals surface area (Å²) in [5.41, 5.74) is 1.38. The molecule has 23 heavy (non-hydrogen) atoms. The fourth-order valence-corrected chi connectivity index (χ4v) is 3.05. The summed E-state index contributed by atoms with van der Waals surface area (Å²) in [6.45, 7) is 7.82. The van der Waals surface area contributed by atoms with Gasteiger partial charge >= 0.3 is 5.97 Å². The predicted octanol–water partition coefficient (Wildman–Crippen LogP) is 3.24. The van der Waals surface area contributed by atoms with Crippen LogP contribution in [0.3, 0.4) is 0 Å². The van der Waals surface area contributed by atoms with Crippen LogP contribution in [-0.2, 0) is 14.3 Å². The average molecular weight is 309 g/mol. The summed E-state index contributed by atoms with van der Waals surface area (Å²) in [4.78, 5) is 23.8. The third-order valence-electron chi connectivity index (χ3n) is 4.12. The Morgan fingerprint density at radius 2 is 2.13 bits per heavy atom. The molecule has 0 saturated heterocycles. The molecule has 0 spiro atoms. The molecule has 4 heteroatoms. The van der Waals surface area contributed by atoms with E-state index >= 15 is 0 Å². The van der Waals surface area contributed by atoms with Gasteiger partial charge in [-0.2, -0.15) is 5.26 Å². The molecule has 1 aliphatic rings. The molecule has 0 bridgehead atoms. The fourth-order valence-electron chi connectivity index (χ4n) is 3.05. The minimum absolute atomic E-state index is 0.0311. The molecular formula is C19H19NO3. The van der Waals surface area contributed by atoms with Crippen LogP contribution in [0.15, 0.2) is 48.1 Å². The SMILES string of the molecule is C=C1C=C(C=O)C[C@@](C#N)(C(=O)OCC)[C@H]1c1ccc(C)cc1. The number of rotatable bonds is 4. The number of benzene rings is 1. The van der Waals surface area contributed by atoms with E-state index in [1.54, 1.807) is 13.0 Å². The number of esters is 1. The van der Waals surface area contributed by atoms with Crippen LogP contribution in [0.1, 0.15) is 30.4 Å². The molecule has 1 aromatic carbocycles. The lowest BCUT2D eigenvalue weighted by atomic mass is 9.63. The Morgan fingerprint density at radius 3 is 2.65 bits per heavy atom. The maximum absolute atomic E-state index is 12.6. The summed E-state index contributed by atoms with van der Waals surface area (Å²) in [6, 6.07) is 9.75. The van der Waals surface area contributed by atoms with E-state index in [4.69, 9.17) is 4.74 Å². The van der Waals surface area contributed by atoms with Crippen molar-refractivity contribution in [2.24, 2.45) is 5.41 Å². The van der Waals surface area contributed by atoms with Crippen LogP contribution < -0.4 is 0 Å². The molecule has 0 fully saturated rings. The van der Waals surface area contributed by atoms with Gasteiger partial charge < -0.3 is 4.74 Å². The second-order valence-electron chi connectivity index (χ2n) is 5.74. The first-order valence-electron chi connectivity index (χ1n) is 7.48. The zero-order chi connectivity index (χ0) is 17.0. The lowest BCUT2D eigenvalue weighted by Gasteiger charge is -2.37. The molecule has 1 aliphatic carbocycles. The highest BCUT2D eigenvalue weighted by molar-refractivity contribution is 5.87. The summed E-state index contributed by atoms with van der Waals surface area (Å²) in [6.07, 6.45) is 2.36. The molecule has 2 atom stereocenters. The molecule has 0 heterocycles. The fraction of sp³-hybridized carbons (Fsp3) is 0.316. The zero-order valence-corrected chi connectivity index (χ0v) is 13.3. The highest BCUT2D eigenvalue weighted by Crippen LogP contribution is 2.49. The van der Waals surface area contributed by atoms with Crippen LogP contribution in [0.25, 0.3) is 0 Å². The van der Waals surface area contributed by atoms with Gasteiger partial charge in [0.05, 0.1) is 12.7 Å². The molecule has 0 amide bonds. The third kappa shape index (κ3) is 2.95. The minimum Gasteiger partial charge on any atom is -0.465 e. The Balaban J connectivity index is 2.62. The number of carbonyl (C=O) groups is 2. The highest BCUT2D eigenvalue weighted by atomic mass is 16.5. The van der Waals surface area contributed by atoms with Crippen LogP contribution in [0.2, 0.25) is 0 Å². The van der Waals surface area contributed by atoms with Gasteiger partial charge in [0.1, 0.15) is 6.29 Å². The van der Waals surface area contributed by atoms with Gasteiger partial charge in [0.2, 0.25) is 0 Å². The normalized spacial score (nSPS) is 23.6. The average Bonchev–Trinajstić information content (AvgIpc) is 2.55. The topological polar surface area (TPSA) is 67.2 Å². The van der Waals surface area contributed by atoms with Gasteiger partial charge in [-0.25, -0.2) is 0 Å².